The summed E-state index contributed by atoms with van der Waals surface area (Å²) in [5.41, 5.74) is 0.0506. The van der Waals surface area contributed by atoms with Gasteiger partial charge in [-0.1, -0.05) is 39.8 Å². The Labute approximate surface area is 281 Å². The van der Waals surface area contributed by atoms with E-state index < -0.39 is 22.9 Å². The molecule has 264 valence electrons. The van der Waals surface area contributed by atoms with Gasteiger partial charge in [0.2, 0.25) is 0 Å². The smallest absolute Gasteiger partial charge is 0.409 e. The van der Waals surface area contributed by atoms with E-state index in [1.807, 2.05) is 0 Å². The number of carboxylic acid groups (broad SMARTS) is 1. The van der Waals surface area contributed by atoms with E-state index in [2.05, 4.69) is 41.2 Å². The molecule has 6 aliphatic rings. The molecule has 6 fully saturated rings. The first kappa shape index (κ1) is 34.6. The molecule has 4 unspecified atom stereocenters. The van der Waals surface area contributed by atoms with Crippen molar-refractivity contribution in [3.05, 3.63) is 12.2 Å². The number of nitrogens with zero attached hydrogens (tertiary/aromatic N) is 2. The molecule has 9 nitrogen and oxygen atoms in total. The molecule has 0 spiro atoms. The van der Waals surface area contributed by atoms with Crippen LogP contribution in [0.25, 0.3) is 0 Å². The van der Waals surface area contributed by atoms with E-state index in [4.69, 9.17) is 9.47 Å². The van der Waals surface area contributed by atoms with Gasteiger partial charge in [-0.25, -0.2) is 9.59 Å². The predicted octanol–water partition coefficient (Wildman–Crippen LogP) is 6.98. The Morgan fingerprint density at radius 3 is 2.02 bits per heavy atom. The number of ether oxygens (including phenoxy) is 2. The molecule has 5 aliphatic carbocycles. The Kier molecular flexibility index (Phi) is 8.78. The number of aliphatic carboxylic acids is 1. The average molecular weight is 657 g/mol. The summed E-state index contributed by atoms with van der Waals surface area (Å²) in [6, 6.07) is 0. The van der Waals surface area contributed by atoms with Gasteiger partial charge in [0.25, 0.3) is 0 Å². The third-order valence-corrected chi connectivity index (χ3v) is 15.8. The fraction of sp³-hybridized carbons (Fsp3) is 0.868. The lowest BCUT2D eigenvalue weighted by Crippen LogP contribution is -2.67. The molecule has 0 aromatic carbocycles. The van der Waals surface area contributed by atoms with E-state index in [-0.39, 0.29) is 52.8 Å². The summed E-state index contributed by atoms with van der Waals surface area (Å²) in [4.78, 5) is 41.7. The summed E-state index contributed by atoms with van der Waals surface area (Å²) in [6.45, 7) is 20.0. The fourth-order valence-corrected chi connectivity index (χ4v) is 13.1. The number of hydrogen-bond donors (Lipinski definition) is 2. The molecule has 0 aromatic rings. The Bertz CT molecular complexity index is 1280. The largest absolute Gasteiger partial charge is 0.481 e. The van der Waals surface area contributed by atoms with Gasteiger partial charge in [0.05, 0.1) is 18.1 Å². The van der Waals surface area contributed by atoms with E-state index in [9.17, 15) is 24.6 Å². The van der Waals surface area contributed by atoms with Gasteiger partial charge < -0.3 is 29.5 Å². The number of piperazine rings is 1. The van der Waals surface area contributed by atoms with Crippen molar-refractivity contribution in [2.45, 2.75) is 112 Å². The van der Waals surface area contributed by atoms with Crippen molar-refractivity contribution in [2.24, 2.45) is 56.7 Å². The van der Waals surface area contributed by atoms with Crippen LogP contribution in [0.15, 0.2) is 12.2 Å². The Morgan fingerprint density at radius 2 is 1.43 bits per heavy atom. The van der Waals surface area contributed by atoms with Crippen molar-refractivity contribution < 1.29 is 34.1 Å². The normalized spacial score (nSPS) is 45.9. The van der Waals surface area contributed by atoms with Gasteiger partial charge >= 0.3 is 18.2 Å². The predicted molar refractivity (Wildman–Crippen MR) is 178 cm³/mol. The molecule has 2 N–H and O–H groups in total. The highest BCUT2D eigenvalue weighted by Crippen LogP contribution is 2.77. The molecule has 2 amide bonds. The van der Waals surface area contributed by atoms with Crippen LogP contribution in [0.4, 0.5) is 9.59 Å². The molecular formula is C38H60N2O7. The summed E-state index contributed by atoms with van der Waals surface area (Å²) in [7, 11) is 0. The van der Waals surface area contributed by atoms with Crippen LogP contribution in [0.1, 0.15) is 106 Å². The second-order valence-corrected chi connectivity index (χ2v) is 17.4. The van der Waals surface area contributed by atoms with Crippen molar-refractivity contribution in [2.75, 3.05) is 39.4 Å². The number of amides is 2. The number of allylic oxidation sites excluding steroid dienone is 1. The van der Waals surface area contributed by atoms with Crippen molar-refractivity contribution in [3.8, 4) is 0 Å². The van der Waals surface area contributed by atoms with Crippen LogP contribution >= 0.6 is 0 Å². The number of rotatable bonds is 5. The highest BCUT2D eigenvalue weighted by molar-refractivity contribution is 5.76. The van der Waals surface area contributed by atoms with Crippen molar-refractivity contribution in [3.63, 3.8) is 0 Å². The van der Waals surface area contributed by atoms with Crippen LogP contribution < -0.4 is 0 Å². The lowest BCUT2D eigenvalue weighted by Gasteiger charge is -2.72. The zero-order chi connectivity index (χ0) is 34.2. The molecule has 5 saturated carbocycles. The topological polar surface area (TPSA) is 117 Å². The summed E-state index contributed by atoms with van der Waals surface area (Å²) in [5.74, 6) is 0.861. The number of carboxylic acids is 1. The third-order valence-electron chi connectivity index (χ3n) is 15.8. The molecule has 9 heteroatoms. The van der Waals surface area contributed by atoms with Crippen molar-refractivity contribution in [1.82, 2.24) is 9.80 Å². The van der Waals surface area contributed by atoms with Crippen molar-refractivity contribution >= 4 is 18.2 Å². The van der Waals surface area contributed by atoms with E-state index in [0.717, 1.165) is 63.4 Å². The number of aliphatic hydroxyl groups is 1. The number of carbonyl (C=O) groups is 3. The molecule has 0 radical (unpaired) electrons. The first-order chi connectivity index (χ1) is 22.1. The van der Waals surface area contributed by atoms with Gasteiger partial charge in [0.1, 0.15) is 6.61 Å². The second-order valence-electron chi connectivity index (χ2n) is 17.4. The van der Waals surface area contributed by atoms with Crippen molar-refractivity contribution in [1.29, 1.82) is 0 Å². The molecular weight excluding hydrogens is 596 g/mol. The molecule has 1 heterocycles. The Hall–Kier alpha value is -2.29. The maximum Gasteiger partial charge on any atom is 0.409 e. The lowest BCUT2D eigenvalue weighted by molar-refractivity contribution is -0.254. The van der Waals surface area contributed by atoms with Gasteiger partial charge in [-0.2, -0.15) is 0 Å². The minimum absolute atomic E-state index is 0.0165. The van der Waals surface area contributed by atoms with Gasteiger partial charge in [-0.15, -0.1) is 0 Å². The Morgan fingerprint density at radius 1 is 0.787 bits per heavy atom. The zero-order valence-electron chi connectivity index (χ0n) is 29.8. The fourth-order valence-electron chi connectivity index (χ4n) is 13.1. The molecule has 1 saturated heterocycles. The standard InChI is InChI=1S/C38H60N2O7/c1-8-46-32(44)39-19-21-40(22-20-39)33(45)47-23-35(5)27-12-15-37(7)28(34(27,4)14-13-29(35)41)10-9-26-30-25(24(2)3)11-16-38(30,31(42)43)18-17-36(26,37)6/h25-30,41H,2,8-23H2,1,3-7H3,(H,42,43)/t25-,26?,27?,28?,29-,30?,34-,35-,36+,37+,38-/m0/s1. The van der Waals surface area contributed by atoms with Crippen LogP contribution in [0.2, 0.25) is 0 Å². The van der Waals surface area contributed by atoms with Crippen LogP contribution in [0.3, 0.4) is 0 Å². The number of hydrogen-bond acceptors (Lipinski definition) is 6. The monoisotopic (exact) mass is 656 g/mol. The first-order valence-corrected chi connectivity index (χ1v) is 18.5. The minimum Gasteiger partial charge on any atom is -0.481 e. The molecule has 0 aromatic heterocycles. The van der Waals surface area contributed by atoms with Gasteiger partial charge in [-0.05, 0) is 124 Å². The third kappa shape index (κ3) is 4.97. The van der Waals surface area contributed by atoms with E-state index >= 15 is 0 Å². The summed E-state index contributed by atoms with van der Waals surface area (Å²) >= 11 is 0. The molecule has 0 bridgehead atoms. The van der Waals surface area contributed by atoms with Crippen LogP contribution in [-0.2, 0) is 14.3 Å². The maximum absolute atomic E-state index is 13.3. The first-order valence-electron chi connectivity index (χ1n) is 18.5. The Balaban J connectivity index is 1.20. The summed E-state index contributed by atoms with van der Waals surface area (Å²) in [6.07, 6.45) is 7.93. The highest BCUT2D eigenvalue weighted by Gasteiger charge is 2.72. The van der Waals surface area contributed by atoms with Gasteiger partial charge in [-0.3, -0.25) is 4.79 Å². The van der Waals surface area contributed by atoms with E-state index in [1.54, 1.807) is 16.7 Å². The number of carbonyl (C=O) groups excluding carboxylic acids is 2. The van der Waals surface area contributed by atoms with Gasteiger partial charge in [0.15, 0.2) is 0 Å². The second kappa shape index (κ2) is 11.9. The van der Waals surface area contributed by atoms with E-state index in [0.29, 0.717) is 51.0 Å². The van der Waals surface area contributed by atoms with Crippen LogP contribution in [0, 0.1) is 56.7 Å². The average Bonchev–Trinajstić information content (AvgIpc) is 3.44. The van der Waals surface area contributed by atoms with Crippen LogP contribution in [0.5, 0.6) is 0 Å². The lowest BCUT2D eigenvalue weighted by atomic mass is 9.32. The quantitative estimate of drug-likeness (QED) is 0.307. The summed E-state index contributed by atoms with van der Waals surface area (Å²) < 4.78 is 11.2. The minimum atomic E-state index is -0.624. The molecule has 11 atom stereocenters. The SMILES string of the molecule is C=C(C)[C@@H]1CC[C@]2(C(=O)O)CC[C@]3(C)C(CCC4[C@@]5(C)CC[C@H](O)[C@@](C)(COC(=O)N6CCN(C(=O)OCC)CC6)C5CC[C@]43C)C12. The molecule has 47 heavy (non-hydrogen) atoms. The number of aliphatic hydroxyl groups excluding tert-OH is 1. The maximum atomic E-state index is 13.3. The molecule has 1 aliphatic heterocycles. The zero-order valence-corrected chi connectivity index (χ0v) is 29.8. The number of fused-ring (bicyclic) bond motifs is 7. The highest BCUT2D eigenvalue weighted by atomic mass is 16.6. The van der Waals surface area contributed by atoms with Crippen LogP contribution in [-0.4, -0.2) is 83.7 Å². The van der Waals surface area contributed by atoms with E-state index in [1.165, 1.54) is 0 Å². The molecule has 6 rings (SSSR count). The summed E-state index contributed by atoms with van der Waals surface area (Å²) in [5, 5.41) is 22.2. The van der Waals surface area contributed by atoms with Gasteiger partial charge in [0, 0.05) is 31.6 Å².